The van der Waals surface area contributed by atoms with Gasteiger partial charge in [0.05, 0.1) is 5.02 Å². The number of hydrogen-bond donors (Lipinski definition) is 0. The van der Waals surface area contributed by atoms with Crippen molar-refractivity contribution in [3.05, 3.63) is 45.5 Å². The van der Waals surface area contributed by atoms with Gasteiger partial charge in [-0.05, 0) is 34.1 Å². The Labute approximate surface area is 123 Å². The van der Waals surface area contributed by atoms with Crippen LogP contribution in [0.2, 0.25) is 5.02 Å². The van der Waals surface area contributed by atoms with E-state index < -0.39 is 5.82 Å². The minimum absolute atomic E-state index is 0.170. The van der Waals surface area contributed by atoms with E-state index in [1.807, 2.05) is 13.8 Å². The first kappa shape index (κ1) is 14.2. The van der Waals surface area contributed by atoms with Crippen molar-refractivity contribution in [3.8, 4) is 11.6 Å². The summed E-state index contributed by atoms with van der Waals surface area (Å²) >= 11 is 9.20. The number of hydrogen-bond acceptors (Lipinski definition) is 3. The minimum Gasteiger partial charge on any atom is -0.437 e. The molecule has 0 saturated heterocycles. The van der Waals surface area contributed by atoms with E-state index in [0.29, 0.717) is 22.1 Å². The molecule has 0 unspecified atom stereocenters. The summed E-state index contributed by atoms with van der Waals surface area (Å²) in [5.41, 5.74) is 0. The minimum atomic E-state index is -0.413. The molecular weight excluding hydrogens is 335 g/mol. The summed E-state index contributed by atoms with van der Waals surface area (Å²) in [6.07, 6.45) is 0. The van der Waals surface area contributed by atoms with Crippen LogP contribution >= 0.6 is 27.5 Å². The van der Waals surface area contributed by atoms with E-state index in [0.717, 1.165) is 0 Å². The first-order valence-corrected chi connectivity index (χ1v) is 6.80. The maximum atomic E-state index is 12.9. The Balaban J connectivity index is 2.32. The fourth-order valence-corrected chi connectivity index (χ4v) is 1.98. The highest BCUT2D eigenvalue weighted by Crippen LogP contribution is 2.30. The molecule has 1 aromatic carbocycles. The number of benzene rings is 1. The summed E-state index contributed by atoms with van der Waals surface area (Å²) in [5.74, 6) is 1.12. The number of ether oxygens (including phenoxy) is 1. The lowest BCUT2D eigenvalue weighted by molar-refractivity contribution is 0.454. The van der Waals surface area contributed by atoms with Crippen molar-refractivity contribution in [3.63, 3.8) is 0 Å². The second-order valence-corrected chi connectivity index (χ2v) is 5.44. The number of aromatic nitrogens is 2. The summed E-state index contributed by atoms with van der Waals surface area (Å²) in [5, 5.41) is 0.195. The summed E-state index contributed by atoms with van der Waals surface area (Å²) in [6.45, 7) is 3.97. The lowest BCUT2D eigenvalue weighted by atomic mass is 10.2. The van der Waals surface area contributed by atoms with E-state index in [4.69, 9.17) is 16.3 Å². The van der Waals surface area contributed by atoms with Crippen LogP contribution in [0.1, 0.15) is 25.6 Å². The van der Waals surface area contributed by atoms with Gasteiger partial charge >= 0.3 is 0 Å². The van der Waals surface area contributed by atoms with Gasteiger partial charge in [0, 0.05) is 12.0 Å². The van der Waals surface area contributed by atoms with Crippen LogP contribution in [-0.2, 0) is 0 Å². The van der Waals surface area contributed by atoms with Gasteiger partial charge in [-0.3, -0.25) is 0 Å². The third kappa shape index (κ3) is 3.64. The van der Waals surface area contributed by atoms with Crippen LogP contribution in [0.4, 0.5) is 4.39 Å². The molecule has 0 aliphatic rings. The Bertz CT molecular complexity index is 607. The molecule has 3 nitrogen and oxygen atoms in total. The highest BCUT2D eigenvalue weighted by molar-refractivity contribution is 9.10. The number of halogens is 3. The SMILES string of the molecule is CC(C)c1nc(Br)cc(Oc2ccc(F)cc2Cl)n1. The third-order valence-corrected chi connectivity index (χ3v) is 3.02. The van der Waals surface area contributed by atoms with Gasteiger partial charge in [-0.15, -0.1) is 0 Å². The fourth-order valence-electron chi connectivity index (χ4n) is 1.39. The molecule has 0 radical (unpaired) electrons. The maximum absolute atomic E-state index is 12.9. The zero-order valence-corrected chi connectivity index (χ0v) is 12.7. The van der Waals surface area contributed by atoms with Crippen LogP contribution in [0.15, 0.2) is 28.9 Å². The van der Waals surface area contributed by atoms with Crippen LogP contribution in [0.3, 0.4) is 0 Å². The zero-order valence-electron chi connectivity index (χ0n) is 10.3. The normalized spacial score (nSPS) is 10.8. The third-order valence-electron chi connectivity index (χ3n) is 2.31. The monoisotopic (exact) mass is 344 g/mol. The number of rotatable bonds is 3. The topological polar surface area (TPSA) is 35.0 Å². The molecular formula is C13H11BrClFN2O. The molecule has 0 N–H and O–H groups in total. The average molecular weight is 346 g/mol. The molecule has 0 fully saturated rings. The molecule has 19 heavy (non-hydrogen) atoms. The first-order valence-electron chi connectivity index (χ1n) is 5.63. The molecule has 0 bridgehead atoms. The highest BCUT2D eigenvalue weighted by Gasteiger charge is 2.10. The van der Waals surface area contributed by atoms with Crippen LogP contribution in [0.25, 0.3) is 0 Å². The van der Waals surface area contributed by atoms with Gasteiger partial charge in [-0.1, -0.05) is 25.4 Å². The van der Waals surface area contributed by atoms with Gasteiger partial charge < -0.3 is 4.74 Å². The van der Waals surface area contributed by atoms with Crippen molar-refractivity contribution in [1.29, 1.82) is 0 Å². The van der Waals surface area contributed by atoms with E-state index in [-0.39, 0.29) is 10.9 Å². The van der Waals surface area contributed by atoms with Crippen molar-refractivity contribution >= 4 is 27.5 Å². The molecule has 0 atom stereocenters. The molecule has 2 rings (SSSR count). The Morgan fingerprint density at radius 2 is 2.00 bits per heavy atom. The zero-order chi connectivity index (χ0) is 14.0. The van der Waals surface area contributed by atoms with Crippen LogP contribution < -0.4 is 4.74 Å². The van der Waals surface area contributed by atoms with Gasteiger partial charge in [-0.2, -0.15) is 4.98 Å². The Hall–Kier alpha value is -1.20. The van der Waals surface area contributed by atoms with Crippen molar-refractivity contribution < 1.29 is 9.13 Å². The fraction of sp³-hybridized carbons (Fsp3) is 0.231. The first-order chi connectivity index (χ1) is 8.95. The van der Waals surface area contributed by atoms with Crippen LogP contribution in [-0.4, -0.2) is 9.97 Å². The molecule has 1 heterocycles. The molecule has 1 aromatic heterocycles. The largest absolute Gasteiger partial charge is 0.437 e. The van der Waals surface area contributed by atoms with Gasteiger partial charge in [-0.25, -0.2) is 9.37 Å². The lowest BCUT2D eigenvalue weighted by Crippen LogP contribution is -2.00. The van der Waals surface area contributed by atoms with E-state index in [9.17, 15) is 4.39 Å². The second-order valence-electron chi connectivity index (χ2n) is 4.22. The number of nitrogens with zero attached hydrogens (tertiary/aromatic N) is 2. The molecule has 6 heteroatoms. The lowest BCUT2D eigenvalue weighted by Gasteiger charge is -2.10. The Kier molecular flexibility index (Phi) is 4.37. The summed E-state index contributed by atoms with van der Waals surface area (Å²) < 4.78 is 19.1. The molecule has 0 aliphatic heterocycles. The van der Waals surface area contributed by atoms with Crippen molar-refractivity contribution in [2.24, 2.45) is 0 Å². The van der Waals surface area contributed by atoms with E-state index in [2.05, 4.69) is 25.9 Å². The van der Waals surface area contributed by atoms with E-state index in [1.165, 1.54) is 18.2 Å². The van der Waals surface area contributed by atoms with Crippen LogP contribution in [0, 0.1) is 5.82 Å². The maximum Gasteiger partial charge on any atom is 0.223 e. The quantitative estimate of drug-likeness (QED) is 0.738. The second kappa shape index (κ2) is 5.84. The predicted octanol–water partition coefficient (Wildman–Crippen LogP) is 4.95. The molecule has 0 aliphatic carbocycles. The van der Waals surface area contributed by atoms with E-state index >= 15 is 0 Å². The molecule has 0 amide bonds. The van der Waals surface area contributed by atoms with Gasteiger partial charge in [0.25, 0.3) is 0 Å². The predicted molar refractivity (Wildman–Crippen MR) is 75.3 cm³/mol. The van der Waals surface area contributed by atoms with E-state index in [1.54, 1.807) is 6.07 Å². The smallest absolute Gasteiger partial charge is 0.223 e. The van der Waals surface area contributed by atoms with Crippen LogP contribution in [0.5, 0.6) is 11.6 Å². The Morgan fingerprint density at radius 1 is 1.26 bits per heavy atom. The molecule has 0 saturated carbocycles. The average Bonchev–Trinajstić information content (AvgIpc) is 2.32. The standard InChI is InChI=1S/C13H11BrClFN2O/c1-7(2)13-17-11(14)6-12(18-13)19-10-4-3-8(16)5-9(10)15/h3-7H,1-2H3. The summed E-state index contributed by atoms with van der Waals surface area (Å²) in [7, 11) is 0. The highest BCUT2D eigenvalue weighted by atomic mass is 79.9. The molecule has 100 valence electrons. The summed E-state index contributed by atoms with van der Waals surface area (Å²) in [4.78, 5) is 8.52. The van der Waals surface area contributed by atoms with Gasteiger partial charge in [0.1, 0.15) is 22.0 Å². The molecule has 0 spiro atoms. The van der Waals surface area contributed by atoms with Gasteiger partial charge in [0.2, 0.25) is 5.88 Å². The Morgan fingerprint density at radius 3 is 2.63 bits per heavy atom. The van der Waals surface area contributed by atoms with Crippen molar-refractivity contribution in [2.75, 3.05) is 0 Å². The molecule has 2 aromatic rings. The van der Waals surface area contributed by atoms with Crippen molar-refractivity contribution in [1.82, 2.24) is 9.97 Å². The summed E-state index contributed by atoms with van der Waals surface area (Å²) in [6, 6.07) is 5.56. The van der Waals surface area contributed by atoms with Gasteiger partial charge in [0.15, 0.2) is 0 Å². The van der Waals surface area contributed by atoms with Crippen molar-refractivity contribution in [2.45, 2.75) is 19.8 Å².